The van der Waals surface area contributed by atoms with Crippen LogP contribution >= 0.6 is 11.8 Å². The van der Waals surface area contributed by atoms with Crippen molar-refractivity contribution in [2.24, 2.45) is 0 Å². The SMILES string of the molecule is c1ccc(COC2CSC3(C2)CN(c2ncccn2)C3)nc1. The van der Waals surface area contributed by atoms with Crippen molar-refractivity contribution >= 4 is 17.7 Å². The Kier molecular flexibility index (Phi) is 3.72. The average molecular weight is 314 g/mol. The van der Waals surface area contributed by atoms with Crippen LogP contribution in [0.2, 0.25) is 0 Å². The van der Waals surface area contributed by atoms with E-state index in [1.54, 1.807) is 12.4 Å². The number of hydrogen-bond donors (Lipinski definition) is 0. The van der Waals surface area contributed by atoms with E-state index in [1.807, 2.05) is 42.2 Å². The predicted octanol–water partition coefficient (Wildman–Crippen LogP) is 2.15. The Morgan fingerprint density at radius 1 is 1.14 bits per heavy atom. The topological polar surface area (TPSA) is 51.1 Å². The Labute approximate surface area is 134 Å². The van der Waals surface area contributed by atoms with E-state index in [0.29, 0.717) is 17.5 Å². The van der Waals surface area contributed by atoms with E-state index < -0.39 is 0 Å². The van der Waals surface area contributed by atoms with Gasteiger partial charge in [0.2, 0.25) is 5.95 Å². The van der Waals surface area contributed by atoms with Crippen LogP contribution in [0.5, 0.6) is 0 Å². The van der Waals surface area contributed by atoms with Gasteiger partial charge in [0.15, 0.2) is 0 Å². The van der Waals surface area contributed by atoms with E-state index in [4.69, 9.17) is 4.74 Å². The number of aromatic nitrogens is 3. The molecule has 5 nitrogen and oxygen atoms in total. The third-order valence-corrected chi connectivity index (χ3v) is 5.74. The molecule has 22 heavy (non-hydrogen) atoms. The van der Waals surface area contributed by atoms with Crippen LogP contribution in [0.3, 0.4) is 0 Å². The minimum atomic E-state index is 0.325. The van der Waals surface area contributed by atoms with Crippen molar-refractivity contribution in [1.29, 1.82) is 0 Å². The van der Waals surface area contributed by atoms with Crippen LogP contribution in [0.15, 0.2) is 42.9 Å². The minimum absolute atomic E-state index is 0.325. The summed E-state index contributed by atoms with van der Waals surface area (Å²) in [5, 5.41) is 0. The molecular weight excluding hydrogens is 296 g/mol. The van der Waals surface area contributed by atoms with E-state index in [2.05, 4.69) is 19.9 Å². The summed E-state index contributed by atoms with van der Waals surface area (Å²) >= 11 is 2.03. The zero-order valence-electron chi connectivity index (χ0n) is 12.3. The lowest BCUT2D eigenvalue weighted by molar-refractivity contribution is 0.0458. The van der Waals surface area contributed by atoms with Gasteiger partial charge in [0.25, 0.3) is 0 Å². The second-order valence-electron chi connectivity index (χ2n) is 5.86. The third-order valence-electron chi connectivity index (χ3n) is 4.16. The molecule has 114 valence electrons. The van der Waals surface area contributed by atoms with Crippen LogP contribution in [-0.4, -0.2) is 44.6 Å². The van der Waals surface area contributed by atoms with E-state index in [9.17, 15) is 0 Å². The molecule has 0 aliphatic carbocycles. The molecule has 2 aliphatic rings. The van der Waals surface area contributed by atoms with E-state index in [0.717, 1.165) is 36.9 Å². The maximum atomic E-state index is 6.03. The predicted molar refractivity (Wildman–Crippen MR) is 86.9 cm³/mol. The summed E-state index contributed by atoms with van der Waals surface area (Å²) in [6.07, 6.45) is 6.84. The van der Waals surface area contributed by atoms with Crippen molar-refractivity contribution in [1.82, 2.24) is 15.0 Å². The number of nitrogens with zero attached hydrogens (tertiary/aromatic N) is 4. The first-order valence-electron chi connectivity index (χ1n) is 7.50. The molecule has 0 saturated carbocycles. The van der Waals surface area contributed by atoms with Gasteiger partial charge in [0.05, 0.1) is 23.2 Å². The average Bonchev–Trinajstić information content (AvgIpc) is 2.98. The van der Waals surface area contributed by atoms with Crippen LogP contribution in [0.25, 0.3) is 0 Å². The minimum Gasteiger partial charge on any atom is -0.371 e. The highest BCUT2D eigenvalue weighted by Gasteiger charge is 2.50. The lowest BCUT2D eigenvalue weighted by atomic mass is 9.93. The third kappa shape index (κ3) is 2.80. The van der Waals surface area contributed by atoms with Crippen LogP contribution in [0.1, 0.15) is 12.1 Å². The molecule has 2 saturated heterocycles. The van der Waals surface area contributed by atoms with Gasteiger partial charge >= 0.3 is 0 Å². The molecule has 2 aromatic rings. The number of thioether (sulfide) groups is 1. The molecule has 1 atom stereocenters. The van der Waals surface area contributed by atoms with Crippen LogP contribution in [0, 0.1) is 0 Å². The maximum Gasteiger partial charge on any atom is 0.225 e. The van der Waals surface area contributed by atoms with Gasteiger partial charge in [-0.05, 0) is 24.6 Å². The Morgan fingerprint density at radius 2 is 1.95 bits per heavy atom. The van der Waals surface area contributed by atoms with Crippen molar-refractivity contribution in [3.8, 4) is 0 Å². The van der Waals surface area contributed by atoms with Crippen molar-refractivity contribution in [3.05, 3.63) is 48.5 Å². The first kappa shape index (κ1) is 14.0. The molecule has 2 fully saturated rings. The molecule has 1 unspecified atom stereocenters. The Balaban J connectivity index is 1.29. The van der Waals surface area contributed by atoms with Gasteiger partial charge in [0.1, 0.15) is 0 Å². The van der Waals surface area contributed by atoms with E-state index in [-0.39, 0.29) is 0 Å². The smallest absolute Gasteiger partial charge is 0.225 e. The highest BCUT2D eigenvalue weighted by atomic mass is 32.2. The fourth-order valence-corrected chi connectivity index (χ4v) is 4.61. The molecule has 1 spiro atoms. The van der Waals surface area contributed by atoms with Crippen LogP contribution in [0.4, 0.5) is 5.95 Å². The molecule has 0 aromatic carbocycles. The second-order valence-corrected chi connectivity index (χ2v) is 7.35. The summed E-state index contributed by atoms with van der Waals surface area (Å²) in [5.41, 5.74) is 1.00. The van der Waals surface area contributed by atoms with Gasteiger partial charge in [-0.1, -0.05) is 6.07 Å². The van der Waals surface area contributed by atoms with Crippen molar-refractivity contribution in [2.45, 2.75) is 23.9 Å². The zero-order chi connectivity index (χ0) is 14.8. The summed E-state index contributed by atoms with van der Waals surface area (Å²) in [4.78, 5) is 15.2. The van der Waals surface area contributed by atoms with Gasteiger partial charge in [0, 0.05) is 37.4 Å². The largest absolute Gasteiger partial charge is 0.371 e. The highest BCUT2D eigenvalue weighted by Crippen LogP contribution is 2.46. The number of hydrogen-bond acceptors (Lipinski definition) is 6. The van der Waals surface area contributed by atoms with Gasteiger partial charge in [-0.25, -0.2) is 9.97 Å². The summed E-state index contributed by atoms with van der Waals surface area (Å²) in [6.45, 7) is 2.64. The normalized spacial score (nSPS) is 22.7. The van der Waals surface area contributed by atoms with Crippen molar-refractivity contribution in [2.75, 3.05) is 23.7 Å². The Morgan fingerprint density at radius 3 is 2.73 bits per heavy atom. The van der Waals surface area contributed by atoms with Gasteiger partial charge in [-0.15, -0.1) is 11.8 Å². The number of pyridine rings is 1. The Bertz CT molecular complexity index is 619. The summed E-state index contributed by atoms with van der Waals surface area (Å²) in [7, 11) is 0. The first-order chi connectivity index (χ1) is 10.8. The molecule has 2 aromatic heterocycles. The molecule has 0 amide bonds. The second kappa shape index (κ2) is 5.85. The zero-order valence-corrected chi connectivity index (χ0v) is 13.1. The molecule has 4 heterocycles. The molecular formula is C16H18N4OS. The van der Waals surface area contributed by atoms with Gasteiger partial charge in [-0.2, -0.15) is 0 Å². The molecule has 4 rings (SSSR count). The molecule has 0 N–H and O–H groups in total. The lowest BCUT2D eigenvalue weighted by Gasteiger charge is -2.47. The quantitative estimate of drug-likeness (QED) is 0.862. The fourth-order valence-electron chi connectivity index (χ4n) is 3.06. The number of rotatable bonds is 4. The highest BCUT2D eigenvalue weighted by molar-refractivity contribution is 8.01. The summed E-state index contributed by atoms with van der Waals surface area (Å²) < 4.78 is 6.36. The first-order valence-corrected chi connectivity index (χ1v) is 8.49. The Hall–Kier alpha value is -1.66. The van der Waals surface area contributed by atoms with Crippen molar-refractivity contribution in [3.63, 3.8) is 0 Å². The van der Waals surface area contributed by atoms with Crippen LogP contribution in [-0.2, 0) is 11.3 Å². The van der Waals surface area contributed by atoms with E-state index in [1.165, 1.54) is 0 Å². The van der Waals surface area contributed by atoms with E-state index >= 15 is 0 Å². The number of ether oxygens (including phenoxy) is 1. The number of anilines is 1. The fraction of sp³-hybridized carbons (Fsp3) is 0.438. The molecule has 2 aliphatic heterocycles. The summed E-state index contributed by atoms with van der Waals surface area (Å²) in [5.74, 6) is 1.91. The van der Waals surface area contributed by atoms with Crippen LogP contribution < -0.4 is 4.90 Å². The van der Waals surface area contributed by atoms with Crippen molar-refractivity contribution < 1.29 is 4.74 Å². The molecule has 6 heteroatoms. The molecule has 0 radical (unpaired) electrons. The monoisotopic (exact) mass is 314 g/mol. The lowest BCUT2D eigenvalue weighted by Crippen LogP contribution is -2.59. The summed E-state index contributed by atoms with van der Waals surface area (Å²) in [6, 6.07) is 7.79. The standard InChI is InChI=1S/C16H18N4OS/c1-2-5-17-13(4-1)9-21-14-8-16(22-10-14)11-20(12-16)15-18-6-3-7-19-15/h1-7,14H,8-12H2. The molecule has 0 bridgehead atoms. The van der Waals surface area contributed by atoms with Gasteiger partial charge < -0.3 is 9.64 Å². The maximum absolute atomic E-state index is 6.03. The van der Waals surface area contributed by atoms with Gasteiger partial charge in [-0.3, -0.25) is 4.98 Å².